The fourth-order valence-corrected chi connectivity index (χ4v) is 1.69. The predicted molar refractivity (Wildman–Crippen MR) is 60.1 cm³/mol. The van der Waals surface area contributed by atoms with Crippen molar-refractivity contribution in [2.75, 3.05) is 0 Å². The van der Waals surface area contributed by atoms with Crippen LogP contribution in [0, 0.1) is 0 Å². The molecule has 8 heteroatoms. The standard InChI is InChI=1S/C8H9ClN4O2S/c1-4(7(14)11-8(10)15)16-6-3-2-5(9)12-13-6/h2-4H,1H3,(H3,10,11,14,15). The Morgan fingerprint density at radius 1 is 1.50 bits per heavy atom. The molecule has 0 aliphatic rings. The van der Waals surface area contributed by atoms with Crippen molar-refractivity contribution in [2.24, 2.45) is 5.73 Å². The van der Waals surface area contributed by atoms with E-state index in [1.54, 1.807) is 19.1 Å². The first-order valence-corrected chi connectivity index (χ1v) is 5.51. The molecule has 0 spiro atoms. The van der Waals surface area contributed by atoms with Gasteiger partial charge in [-0.1, -0.05) is 23.4 Å². The summed E-state index contributed by atoms with van der Waals surface area (Å²) in [5.74, 6) is -0.478. The number of hydrogen-bond acceptors (Lipinski definition) is 5. The van der Waals surface area contributed by atoms with Gasteiger partial charge in [0.2, 0.25) is 5.91 Å². The largest absolute Gasteiger partial charge is 0.351 e. The Balaban J connectivity index is 2.57. The van der Waals surface area contributed by atoms with E-state index < -0.39 is 17.2 Å². The zero-order valence-corrected chi connectivity index (χ0v) is 9.88. The third kappa shape index (κ3) is 4.03. The zero-order valence-electron chi connectivity index (χ0n) is 8.31. The lowest BCUT2D eigenvalue weighted by Crippen LogP contribution is -2.39. The third-order valence-electron chi connectivity index (χ3n) is 1.52. The van der Waals surface area contributed by atoms with E-state index >= 15 is 0 Å². The predicted octanol–water partition coefficient (Wildman–Crippen LogP) is 0.805. The number of primary amides is 1. The summed E-state index contributed by atoms with van der Waals surface area (Å²) in [7, 11) is 0. The van der Waals surface area contributed by atoms with Crippen LogP contribution in [0.25, 0.3) is 0 Å². The average molecular weight is 261 g/mol. The van der Waals surface area contributed by atoms with E-state index in [9.17, 15) is 9.59 Å². The SMILES string of the molecule is CC(Sc1ccc(Cl)nn1)C(=O)NC(N)=O. The van der Waals surface area contributed by atoms with Crippen LogP contribution in [0.1, 0.15) is 6.92 Å². The lowest BCUT2D eigenvalue weighted by molar-refractivity contribution is -0.119. The molecule has 1 aromatic rings. The quantitative estimate of drug-likeness (QED) is 0.784. The molecule has 1 heterocycles. The average Bonchev–Trinajstić information content (AvgIpc) is 2.20. The molecule has 0 radical (unpaired) electrons. The number of aromatic nitrogens is 2. The van der Waals surface area contributed by atoms with E-state index in [4.69, 9.17) is 17.3 Å². The molecule has 0 bridgehead atoms. The molecule has 1 unspecified atom stereocenters. The van der Waals surface area contributed by atoms with E-state index in [-0.39, 0.29) is 5.15 Å². The number of nitrogens with two attached hydrogens (primary N) is 1. The van der Waals surface area contributed by atoms with Gasteiger partial charge in [0.25, 0.3) is 0 Å². The fourth-order valence-electron chi connectivity index (χ4n) is 0.824. The minimum Gasteiger partial charge on any atom is -0.351 e. The van der Waals surface area contributed by atoms with Crippen LogP contribution >= 0.6 is 23.4 Å². The molecule has 1 atom stereocenters. The smallest absolute Gasteiger partial charge is 0.318 e. The topological polar surface area (TPSA) is 98.0 Å². The molecule has 3 amide bonds. The molecule has 86 valence electrons. The van der Waals surface area contributed by atoms with Crippen LogP contribution in [0.15, 0.2) is 17.2 Å². The summed E-state index contributed by atoms with van der Waals surface area (Å²) >= 11 is 6.71. The second-order valence-corrected chi connectivity index (χ2v) is 4.56. The molecule has 6 nitrogen and oxygen atoms in total. The van der Waals surface area contributed by atoms with E-state index in [2.05, 4.69) is 10.2 Å². The van der Waals surface area contributed by atoms with Crippen molar-refractivity contribution in [3.8, 4) is 0 Å². The van der Waals surface area contributed by atoms with Crippen molar-refractivity contribution >= 4 is 35.3 Å². The first-order valence-electron chi connectivity index (χ1n) is 4.25. The second kappa shape index (κ2) is 5.66. The first kappa shape index (κ1) is 12.7. The maximum absolute atomic E-state index is 11.3. The van der Waals surface area contributed by atoms with Crippen LogP contribution < -0.4 is 11.1 Å². The lowest BCUT2D eigenvalue weighted by Gasteiger charge is -2.08. The normalized spacial score (nSPS) is 11.9. The maximum Gasteiger partial charge on any atom is 0.318 e. The van der Waals surface area contributed by atoms with Crippen molar-refractivity contribution in [1.82, 2.24) is 15.5 Å². The Morgan fingerprint density at radius 2 is 2.19 bits per heavy atom. The Bertz CT molecular complexity index is 398. The van der Waals surface area contributed by atoms with Crippen LogP contribution in [0.4, 0.5) is 4.79 Å². The van der Waals surface area contributed by atoms with Crippen LogP contribution in [-0.2, 0) is 4.79 Å². The summed E-state index contributed by atoms with van der Waals surface area (Å²) in [5, 5.41) is 9.69. The minimum absolute atomic E-state index is 0.276. The van der Waals surface area contributed by atoms with Crippen molar-refractivity contribution in [3.05, 3.63) is 17.3 Å². The monoisotopic (exact) mass is 260 g/mol. The second-order valence-electron chi connectivity index (χ2n) is 2.81. The van der Waals surface area contributed by atoms with Gasteiger partial charge in [-0.25, -0.2) is 4.79 Å². The molecule has 0 aliphatic heterocycles. The summed E-state index contributed by atoms with van der Waals surface area (Å²) in [6, 6.07) is 2.32. The molecule has 1 aromatic heterocycles. The molecular formula is C8H9ClN4O2S. The van der Waals surface area contributed by atoms with Crippen LogP contribution in [0.2, 0.25) is 5.15 Å². The number of imide groups is 1. The highest BCUT2D eigenvalue weighted by molar-refractivity contribution is 8.00. The summed E-state index contributed by atoms with van der Waals surface area (Å²) in [5.41, 5.74) is 4.82. The van der Waals surface area contributed by atoms with Crippen molar-refractivity contribution in [3.63, 3.8) is 0 Å². The molecule has 1 rings (SSSR count). The molecule has 3 N–H and O–H groups in total. The highest BCUT2D eigenvalue weighted by Gasteiger charge is 2.16. The Kier molecular flexibility index (Phi) is 4.51. The molecular weight excluding hydrogens is 252 g/mol. The van der Waals surface area contributed by atoms with Gasteiger partial charge >= 0.3 is 6.03 Å². The Labute approximate surface area is 101 Å². The third-order valence-corrected chi connectivity index (χ3v) is 2.75. The number of thioether (sulfide) groups is 1. The molecule has 0 saturated carbocycles. The maximum atomic E-state index is 11.3. The highest BCUT2D eigenvalue weighted by Crippen LogP contribution is 2.20. The van der Waals surface area contributed by atoms with Crippen molar-refractivity contribution < 1.29 is 9.59 Å². The first-order chi connectivity index (χ1) is 7.49. The Hall–Kier alpha value is -1.34. The van der Waals surface area contributed by atoms with Crippen molar-refractivity contribution in [2.45, 2.75) is 17.2 Å². The number of rotatable bonds is 3. The minimum atomic E-state index is -0.875. The van der Waals surface area contributed by atoms with Gasteiger partial charge in [0.05, 0.1) is 5.25 Å². The van der Waals surface area contributed by atoms with E-state index in [1.807, 2.05) is 5.32 Å². The molecule has 16 heavy (non-hydrogen) atoms. The van der Waals surface area contributed by atoms with Crippen molar-refractivity contribution in [1.29, 1.82) is 0 Å². The molecule has 0 saturated heterocycles. The number of nitrogens with zero attached hydrogens (tertiary/aromatic N) is 2. The van der Waals surface area contributed by atoms with E-state index in [1.165, 1.54) is 0 Å². The molecule has 0 aromatic carbocycles. The van der Waals surface area contributed by atoms with Gasteiger partial charge in [0.1, 0.15) is 5.03 Å². The van der Waals surface area contributed by atoms with Gasteiger partial charge in [-0.3, -0.25) is 10.1 Å². The Morgan fingerprint density at radius 3 is 2.69 bits per heavy atom. The van der Waals surface area contributed by atoms with Gasteiger partial charge in [-0.15, -0.1) is 10.2 Å². The van der Waals surface area contributed by atoms with Gasteiger partial charge in [0, 0.05) is 0 Å². The number of amides is 3. The van der Waals surface area contributed by atoms with Crippen LogP contribution in [0.3, 0.4) is 0 Å². The summed E-state index contributed by atoms with van der Waals surface area (Å²) in [6.07, 6.45) is 0. The zero-order chi connectivity index (χ0) is 12.1. The van der Waals surface area contributed by atoms with Gasteiger partial charge in [0.15, 0.2) is 5.15 Å². The fraction of sp³-hybridized carbons (Fsp3) is 0.250. The summed E-state index contributed by atoms with van der Waals surface area (Å²) in [6.45, 7) is 1.62. The van der Waals surface area contributed by atoms with E-state index in [0.29, 0.717) is 5.03 Å². The number of carbonyl (C=O) groups excluding carboxylic acids is 2. The number of halogens is 1. The van der Waals surface area contributed by atoms with Gasteiger partial charge in [-0.2, -0.15) is 0 Å². The highest BCUT2D eigenvalue weighted by atomic mass is 35.5. The van der Waals surface area contributed by atoms with Gasteiger partial charge in [-0.05, 0) is 19.1 Å². The number of hydrogen-bond donors (Lipinski definition) is 2. The molecule has 0 aliphatic carbocycles. The van der Waals surface area contributed by atoms with Gasteiger partial charge < -0.3 is 5.73 Å². The van der Waals surface area contributed by atoms with Crippen LogP contribution in [-0.4, -0.2) is 27.4 Å². The number of urea groups is 1. The molecule has 0 fully saturated rings. The number of nitrogens with one attached hydrogen (secondary N) is 1. The van der Waals surface area contributed by atoms with Crippen LogP contribution in [0.5, 0.6) is 0 Å². The summed E-state index contributed by atoms with van der Waals surface area (Å²) in [4.78, 5) is 21.8. The summed E-state index contributed by atoms with van der Waals surface area (Å²) < 4.78 is 0. The number of carbonyl (C=O) groups is 2. The van der Waals surface area contributed by atoms with E-state index in [0.717, 1.165) is 11.8 Å². The lowest BCUT2D eigenvalue weighted by atomic mass is 10.4.